The molecule has 1 aromatic rings. The van der Waals surface area contributed by atoms with E-state index in [0.717, 1.165) is 24.3 Å². The van der Waals surface area contributed by atoms with E-state index < -0.39 is 5.60 Å². The van der Waals surface area contributed by atoms with Crippen molar-refractivity contribution in [1.82, 2.24) is 14.7 Å². The Balaban J connectivity index is 1.85. The zero-order valence-electron chi connectivity index (χ0n) is 14.2. The van der Waals surface area contributed by atoms with Gasteiger partial charge in [-0.1, -0.05) is 0 Å². The van der Waals surface area contributed by atoms with E-state index in [1.54, 1.807) is 16.0 Å². The summed E-state index contributed by atoms with van der Waals surface area (Å²) >= 11 is 0. The van der Waals surface area contributed by atoms with Crippen LogP contribution in [0.15, 0.2) is 6.20 Å². The minimum Gasteiger partial charge on any atom is -0.444 e. The van der Waals surface area contributed by atoms with Crippen LogP contribution in [0, 0.1) is 0 Å². The summed E-state index contributed by atoms with van der Waals surface area (Å²) in [6, 6.07) is 0.0534. The second-order valence-corrected chi connectivity index (χ2v) is 7.28. The standard InChI is InChI=1S/C16H24N4O3/c1-11-9-18(15(22)23-16(2,3)4)10-13-12(8-17-20(11)13)19-7-5-6-14(19)21/h8,11H,5-7,9-10H2,1-4H3. The van der Waals surface area contributed by atoms with Crippen LogP contribution in [-0.4, -0.2) is 45.4 Å². The lowest BCUT2D eigenvalue weighted by Gasteiger charge is -2.34. The van der Waals surface area contributed by atoms with Crippen LogP contribution in [0.25, 0.3) is 0 Å². The number of carbonyl (C=O) groups excluding carboxylic acids is 2. The van der Waals surface area contributed by atoms with Gasteiger partial charge < -0.3 is 14.5 Å². The molecular formula is C16H24N4O3. The highest BCUT2D eigenvalue weighted by molar-refractivity contribution is 5.95. The molecule has 1 atom stereocenters. The average Bonchev–Trinajstić information content (AvgIpc) is 3.02. The van der Waals surface area contributed by atoms with Gasteiger partial charge in [0.15, 0.2) is 0 Å². The fourth-order valence-electron chi connectivity index (χ4n) is 3.15. The Kier molecular flexibility index (Phi) is 3.82. The molecular weight excluding hydrogens is 296 g/mol. The van der Waals surface area contributed by atoms with Gasteiger partial charge in [-0.25, -0.2) is 4.79 Å². The third-order valence-electron chi connectivity index (χ3n) is 4.14. The van der Waals surface area contributed by atoms with E-state index in [4.69, 9.17) is 4.74 Å². The van der Waals surface area contributed by atoms with Crippen molar-refractivity contribution < 1.29 is 14.3 Å². The van der Waals surface area contributed by atoms with Gasteiger partial charge in [0.2, 0.25) is 5.91 Å². The fraction of sp³-hybridized carbons (Fsp3) is 0.688. The van der Waals surface area contributed by atoms with Gasteiger partial charge >= 0.3 is 6.09 Å². The predicted molar refractivity (Wildman–Crippen MR) is 85.2 cm³/mol. The number of carbonyl (C=O) groups is 2. The van der Waals surface area contributed by atoms with E-state index in [-0.39, 0.29) is 18.0 Å². The Morgan fingerprint density at radius 3 is 2.74 bits per heavy atom. The molecule has 0 aromatic carbocycles. The molecule has 1 fully saturated rings. The molecule has 2 aliphatic heterocycles. The normalized spacial score (nSPS) is 21.6. The highest BCUT2D eigenvalue weighted by atomic mass is 16.6. The summed E-state index contributed by atoms with van der Waals surface area (Å²) in [5.41, 5.74) is 1.21. The third kappa shape index (κ3) is 3.04. The van der Waals surface area contributed by atoms with Gasteiger partial charge in [-0.3, -0.25) is 9.48 Å². The minimum absolute atomic E-state index is 0.0534. The molecule has 2 amide bonds. The molecule has 1 unspecified atom stereocenters. The van der Waals surface area contributed by atoms with Crippen LogP contribution in [-0.2, 0) is 16.1 Å². The molecule has 126 valence electrons. The molecule has 0 bridgehead atoms. The van der Waals surface area contributed by atoms with Crippen molar-refractivity contribution in [3.63, 3.8) is 0 Å². The Morgan fingerprint density at radius 2 is 2.13 bits per heavy atom. The predicted octanol–water partition coefficient (Wildman–Crippen LogP) is 2.32. The van der Waals surface area contributed by atoms with Crippen LogP contribution in [0.1, 0.15) is 52.3 Å². The smallest absolute Gasteiger partial charge is 0.410 e. The molecule has 0 spiro atoms. The van der Waals surface area contributed by atoms with Crippen LogP contribution in [0.5, 0.6) is 0 Å². The van der Waals surface area contributed by atoms with Crippen molar-refractivity contribution in [3.05, 3.63) is 11.9 Å². The van der Waals surface area contributed by atoms with E-state index >= 15 is 0 Å². The molecule has 7 nitrogen and oxygen atoms in total. The van der Waals surface area contributed by atoms with Crippen molar-refractivity contribution >= 4 is 17.7 Å². The maximum Gasteiger partial charge on any atom is 0.410 e. The van der Waals surface area contributed by atoms with Crippen molar-refractivity contribution in [2.45, 2.75) is 58.7 Å². The van der Waals surface area contributed by atoms with Gasteiger partial charge in [0, 0.05) is 19.5 Å². The monoisotopic (exact) mass is 320 g/mol. The Bertz CT molecular complexity index is 632. The van der Waals surface area contributed by atoms with E-state index in [9.17, 15) is 9.59 Å². The summed E-state index contributed by atoms with van der Waals surface area (Å²) in [6.45, 7) is 9.28. The molecule has 0 N–H and O–H groups in total. The van der Waals surface area contributed by atoms with Crippen molar-refractivity contribution in [3.8, 4) is 0 Å². The number of rotatable bonds is 1. The Hall–Kier alpha value is -2.05. The fourth-order valence-corrected chi connectivity index (χ4v) is 3.15. The summed E-state index contributed by atoms with van der Waals surface area (Å²) in [7, 11) is 0. The van der Waals surface area contributed by atoms with Crippen molar-refractivity contribution in [1.29, 1.82) is 0 Å². The third-order valence-corrected chi connectivity index (χ3v) is 4.14. The molecule has 7 heteroatoms. The minimum atomic E-state index is -0.522. The van der Waals surface area contributed by atoms with Gasteiger partial charge in [-0.15, -0.1) is 0 Å². The largest absolute Gasteiger partial charge is 0.444 e. The maximum atomic E-state index is 12.4. The van der Waals surface area contributed by atoms with Gasteiger partial charge in [0.05, 0.1) is 30.2 Å². The Morgan fingerprint density at radius 1 is 1.39 bits per heavy atom. The first-order chi connectivity index (χ1) is 10.8. The Labute approximate surface area is 136 Å². The molecule has 23 heavy (non-hydrogen) atoms. The van der Waals surface area contributed by atoms with Crippen LogP contribution in [0.4, 0.5) is 10.5 Å². The average molecular weight is 320 g/mol. The molecule has 3 heterocycles. The lowest BCUT2D eigenvalue weighted by atomic mass is 10.2. The molecule has 0 aliphatic carbocycles. The van der Waals surface area contributed by atoms with Crippen LogP contribution in [0.3, 0.4) is 0 Å². The van der Waals surface area contributed by atoms with E-state index in [2.05, 4.69) is 5.10 Å². The maximum absolute atomic E-state index is 12.4. The lowest BCUT2D eigenvalue weighted by molar-refractivity contribution is -0.117. The molecule has 1 aromatic heterocycles. The molecule has 1 saturated heterocycles. The number of anilines is 1. The molecule has 2 aliphatic rings. The number of hydrogen-bond acceptors (Lipinski definition) is 4. The lowest BCUT2D eigenvalue weighted by Crippen LogP contribution is -2.43. The number of hydrogen-bond donors (Lipinski definition) is 0. The van der Waals surface area contributed by atoms with Gasteiger partial charge in [0.1, 0.15) is 5.60 Å². The van der Waals surface area contributed by atoms with Crippen molar-refractivity contribution in [2.24, 2.45) is 0 Å². The van der Waals surface area contributed by atoms with Crippen LogP contribution >= 0.6 is 0 Å². The quantitative estimate of drug-likeness (QED) is 0.796. The van der Waals surface area contributed by atoms with Gasteiger partial charge in [0.25, 0.3) is 0 Å². The number of amides is 2. The summed E-state index contributed by atoms with van der Waals surface area (Å²) in [5.74, 6) is 0.128. The van der Waals surface area contributed by atoms with E-state index in [0.29, 0.717) is 19.5 Å². The molecule has 0 radical (unpaired) electrons. The van der Waals surface area contributed by atoms with Crippen LogP contribution in [0.2, 0.25) is 0 Å². The van der Waals surface area contributed by atoms with E-state index in [1.165, 1.54) is 0 Å². The topological polar surface area (TPSA) is 67.7 Å². The summed E-state index contributed by atoms with van der Waals surface area (Å²) in [6.07, 6.45) is 2.87. The number of ether oxygens (including phenoxy) is 1. The first kappa shape index (κ1) is 15.8. The number of aromatic nitrogens is 2. The molecule has 3 rings (SSSR count). The zero-order chi connectivity index (χ0) is 16.8. The highest BCUT2D eigenvalue weighted by Crippen LogP contribution is 2.31. The second kappa shape index (κ2) is 5.54. The SMILES string of the molecule is CC1CN(C(=O)OC(C)(C)C)Cc2c(N3CCCC3=O)cnn21. The van der Waals surface area contributed by atoms with Gasteiger partial charge in [-0.2, -0.15) is 5.10 Å². The van der Waals surface area contributed by atoms with Crippen LogP contribution < -0.4 is 4.90 Å². The number of nitrogens with zero attached hydrogens (tertiary/aromatic N) is 4. The van der Waals surface area contributed by atoms with E-state index in [1.807, 2.05) is 32.4 Å². The number of fused-ring (bicyclic) bond motifs is 1. The highest BCUT2D eigenvalue weighted by Gasteiger charge is 2.34. The summed E-state index contributed by atoms with van der Waals surface area (Å²) in [5, 5.41) is 4.43. The molecule has 0 saturated carbocycles. The first-order valence-corrected chi connectivity index (χ1v) is 8.11. The zero-order valence-corrected chi connectivity index (χ0v) is 14.2. The second-order valence-electron chi connectivity index (χ2n) is 7.28. The summed E-state index contributed by atoms with van der Waals surface area (Å²) in [4.78, 5) is 27.9. The van der Waals surface area contributed by atoms with Gasteiger partial charge in [-0.05, 0) is 34.1 Å². The summed E-state index contributed by atoms with van der Waals surface area (Å²) < 4.78 is 7.40. The van der Waals surface area contributed by atoms with Crippen molar-refractivity contribution in [2.75, 3.05) is 18.0 Å². The first-order valence-electron chi connectivity index (χ1n) is 8.11.